The molecule has 1 aliphatic rings. The summed E-state index contributed by atoms with van der Waals surface area (Å²) in [6.45, 7) is 3.69. The molecule has 0 bridgehead atoms. The molecule has 0 spiro atoms. The molecule has 0 aromatic heterocycles. The van der Waals surface area contributed by atoms with Gasteiger partial charge in [-0.1, -0.05) is 35.9 Å². The molecule has 0 radical (unpaired) electrons. The first-order valence-corrected chi connectivity index (χ1v) is 7.75. The lowest BCUT2D eigenvalue weighted by Gasteiger charge is -2.24. The zero-order chi connectivity index (χ0) is 14.9. The third-order valence-corrected chi connectivity index (χ3v) is 3.73. The van der Waals surface area contributed by atoms with Crippen LogP contribution in [0.4, 0.5) is 0 Å². The molecule has 1 atom stereocenters. The maximum atomic E-state index is 11.5. The zero-order valence-electron chi connectivity index (χ0n) is 12.7. The van der Waals surface area contributed by atoms with Crippen LogP contribution in [0.1, 0.15) is 38.2 Å². The van der Waals surface area contributed by atoms with Gasteiger partial charge in [0.1, 0.15) is 0 Å². The second-order valence-corrected chi connectivity index (χ2v) is 5.52. The van der Waals surface area contributed by atoms with Crippen molar-refractivity contribution in [1.29, 1.82) is 0 Å². The first-order valence-electron chi connectivity index (χ1n) is 7.75. The third-order valence-electron chi connectivity index (χ3n) is 3.73. The van der Waals surface area contributed by atoms with E-state index in [4.69, 9.17) is 9.47 Å². The van der Waals surface area contributed by atoms with Crippen LogP contribution in [0.15, 0.2) is 42.0 Å². The van der Waals surface area contributed by atoms with Crippen LogP contribution < -0.4 is 0 Å². The third kappa shape index (κ3) is 5.72. The highest BCUT2D eigenvalue weighted by atomic mass is 16.5. The van der Waals surface area contributed by atoms with Crippen molar-refractivity contribution in [2.24, 2.45) is 5.92 Å². The molecule has 1 aromatic rings. The number of ether oxygens (including phenoxy) is 2. The maximum absolute atomic E-state index is 11.5. The molecule has 21 heavy (non-hydrogen) atoms. The Bertz CT molecular complexity index is 465. The first kappa shape index (κ1) is 15.8. The Hall–Kier alpha value is -1.61. The maximum Gasteiger partial charge on any atom is 0.330 e. The van der Waals surface area contributed by atoms with Crippen LogP contribution in [-0.2, 0) is 20.9 Å². The second-order valence-electron chi connectivity index (χ2n) is 5.52. The Morgan fingerprint density at radius 3 is 2.90 bits per heavy atom. The summed E-state index contributed by atoms with van der Waals surface area (Å²) in [4.78, 5) is 11.5. The molecular weight excluding hydrogens is 264 g/mol. The summed E-state index contributed by atoms with van der Waals surface area (Å²) in [7, 11) is 0. The molecule has 3 heteroatoms. The Morgan fingerprint density at radius 1 is 1.33 bits per heavy atom. The fourth-order valence-corrected chi connectivity index (χ4v) is 2.73. The zero-order valence-corrected chi connectivity index (χ0v) is 12.7. The monoisotopic (exact) mass is 288 g/mol. The minimum Gasteiger partial charge on any atom is -0.463 e. The summed E-state index contributed by atoms with van der Waals surface area (Å²) in [5.74, 6) is 0.307. The number of allylic oxidation sites excluding steroid dienone is 1. The number of carbonyl (C=O) groups is 1. The van der Waals surface area contributed by atoms with Crippen molar-refractivity contribution in [2.75, 3.05) is 13.2 Å². The number of hydrogen-bond donors (Lipinski definition) is 0. The molecule has 1 aromatic carbocycles. The van der Waals surface area contributed by atoms with Crippen LogP contribution in [0.25, 0.3) is 0 Å². The van der Waals surface area contributed by atoms with Gasteiger partial charge in [-0.2, -0.15) is 0 Å². The van der Waals surface area contributed by atoms with Crippen LogP contribution in [0.5, 0.6) is 0 Å². The predicted molar refractivity (Wildman–Crippen MR) is 82.8 cm³/mol. The van der Waals surface area contributed by atoms with Crippen LogP contribution in [-0.4, -0.2) is 19.2 Å². The Labute approximate surface area is 127 Å². The Morgan fingerprint density at radius 2 is 2.14 bits per heavy atom. The summed E-state index contributed by atoms with van der Waals surface area (Å²) in [5, 5.41) is 0. The smallest absolute Gasteiger partial charge is 0.330 e. The molecule has 0 aliphatic heterocycles. The van der Waals surface area contributed by atoms with Crippen molar-refractivity contribution in [1.82, 2.24) is 0 Å². The van der Waals surface area contributed by atoms with E-state index in [1.54, 1.807) is 6.08 Å². The quantitative estimate of drug-likeness (QED) is 0.588. The van der Waals surface area contributed by atoms with E-state index in [0.717, 1.165) is 25.9 Å². The minimum atomic E-state index is -0.210. The Kier molecular flexibility index (Phi) is 6.48. The Balaban J connectivity index is 1.75. The predicted octanol–water partition coefficient (Wildman–Crippen LogP) is 3.88. The largest absolute Gasteiger partial charge is 0.463 e. The molecule has 1 aliphatic carbocycles. The van der Waals surface area contributed by atoms with E-state index in [0.29, 0.717) is 19.1 Å². The summed E-state index contributed by atoms with van der Waals surface area (Å²) in [6.07, 6.45) is 5.94. The lowest BCUT2D eigenvalue weighted by Crippen LogP contribution is -2.16. The molecule has 2 rings (SSSR count). The molecular formula is C18H24O3. The van der Waals surface area contributed by atoms with Gasteiger partial charge in [-0.05, 0) is 44.1 Å². The topological polar surface area (TPSA) is 35.5 Å². The van der Waals surface area contributed by atoms with E-state index in [1.165, 1.54) is 17.6 Å². The van der Waals surface area contributed by atoms with Gasteiger partial charge in [0.2, 0.25) is 0 Å². The summed E-state index contributed by atoms with van der Waals surface area (Å²) < 4.78 is 10.8. The minimum absolute atomic E-state index is 0.210. The van der Waals surface area contributed by atoms with Gasteiger partial charge in [-0.25, -0.2) is 4.79 Å². The van der Waals surface area contributed by atoms with Crippen molar-refractivity contribution in [2.45, 2.75) is 39.2 Å². The lowest BCUT2D eigenvalue weighted by atomic mass is 9.86. The lowest BCUT2D eigenvalue weighted by molar-refractivity contribution is -0.137. The number of benzene rings is 1. The first-order chi connectivity index (χ1) is 10.3. The highest BCUT2D eigenvalue weighted by molar-refractivity contribution is 5.82. The molecule has 0 heterocycles. The van der Waals surface area contributed by atoms with Gasteiger partial charge in [-0.3, -0.25) is 0 Å². The van der Waals surface area contributed by atoms with E-state index in [1.807, 2.05) is 25.1 Å². The van der Waals surface area contributed by atoms with Crippen molar-refractivity contribution < 1.29 is 14.3 Å². The van der Waals surface area contributed by atoms with Crippen molar-refractivity contribution in [3.05, 3.63) is 47.5 Å². The number of hydrogen-bond acceptors (Lipinski definition) is 3. The van der Waals surface area contributed by atoms with Crippen LogP contribution in [0.2, 0.25) is 0 Å². The standard InChI is InChI=1S/C18H24O3/c1-2-21-18(19)12-16-9-6-10-17(11-16)14-20-13-15-7-4-3-5-8-15/h3-5,7-8,12,17H,2,6,9-11,13-14H2,1H3/b16-12+/t17-/m1/s1. The van der Waals surface area contributed by atoms with Crippen LogP contribution in [0.3, 0.4) is 0 Å². The van der Waals surface area contributed by atoms with Crippen molar-refractivity contribution in [3.8, 4) is 0 Å². The highest BCUT2D eigenvalue weighted by Gasteiger charge is 2.18. The second kappa shape index (κ2) is 8.63. The average molecular weight is 288 g/mol. The van der Waals surface area contributed by atoms with Gasteiger partial charge in [0.25, 0.3) is 0 Å². The van der Waals surface area contributed by atoms with E-state index in [-0.39, 0.29) is 5.97 Å². The van der Waals surface area contributed by atoms with Gasteiger partial charge < -0.3 is 9.47 Å². The van der Waals surface area contributed by atoms with E-state index < -0.39 is 0 Å². The van der Waals surface area contributed by atoms with E-state index in [2.05, 4.69) is 12.1 Å². The van der Waals surface area contributed by atoms with Gasteiger partial charge in [0.15, 0.2) is 0 Å². The normalized spacial score (nSPS) is 20.4. The van der Waals surface area contributed by atoms with Gasteiger partial charge in [0.05, 0.1) is 19.8 Å². The van der Waals surface area contributed by atoms with Crippen molar-refractivity contribution >= 4 is 5.97 Å². The number of esters is 1. The molecule has 1 saturated carbocycles. The SMILES string of the molecule is CCOC(=O)/C=C1\CCC[C@@H](COCc2ccccc2)C1. The summed E-state index contributed by atoms with van der Waals surface area (Å²) in [6, 6.07) is 10.2. The fraction of sp³-hybridized carbons (Fsp3) is 0.500. The fourth-order valence-electron chi connectivity index (χ4n) is 2.73. The number of carbonyl (C=O) groups excluding carboxylic acids is 1. The van der Waals surface area contributed by atoms with Crippen LogP contribution in [0, 0.1) is 5.92 Å². The molecule has 3 nitrogen and oxygen atoms in total. The molecule has 1 fully saturated rings. The van der Waals surface area contributed by atoms with Crippen molar-refractivity contribution in [3.63, 3.8) is 0 Å². The number of rotatable bonds is 6. The highest BCUT2D eigenvalue weighted by Crippen LogP contribution is 2.28. The molecule has 0 unspecified atom stereocenters. The molecule has 0 N–H and O–H groups in total. The summed E-state index contributed by atoms with van der Waals surface area (Å²) >= 11 is 0. The van der Waals surface area contributed by atoms with Gasteiger partial charge >= 0.3 is 5.97 Å². The molecule has 114 valence electrons. The average Bonchev–Trinajstić information content (AvgIpc) is 2.49. The summed E-state index contributed by atoms with van der Waals surface area (Å²) in [5.41, 5.74) is 2.41. The van der Waals surface area contributed by atoms with E-state index in [9.17, 15) is 4.79 Å². The molecule has 0 saturated heterocycles. The van der Waals surface area contributed by atoms with Gasteiger partial charge in [0, 0.05) is 6.08 Å². The van der Waals surface area contributed by atoms with E-state index >= 15 is 0 Å². The molecule has 0 amide bonds. The van der Waals surface area contributed by atoms with Gasteiger partial charge in [-0.15, -0.1) is 0 Å². The van der Waals surface area contributed by atoms with Crippen LogP contribution >= 0.6 is 0 Å².